The molecule has 0 fully saturated rings. The fourth-order valence-electron chi connectivity index (χ4n) is 0.787. The normalized spacial score (nSPS) is 8.93. The van der Waals surface area contributed by atoms with Gasteiger partial charge in [-0.2, -0.15) is 0 Å². The van der Waals surface area contributed by atoms with Crippen LogP contribution in [0.4, 0.5) is 10.6 Å². The lowest BCUT2D eigenvalue weighted by Gasteiger charge is -2.10. The minimum Gasteiger partial charge on any atom is -0.465 e. The molecule has 0 unspecified atom stereocenters. The Morgan fingerprint density at radius 2 is 2.27 bits per heavy atom. The molecule has 1 aromatic heterocycles. The van der Waals surface area contributed by atoms with Crippen LogP contribution in [-0.2, 0) is 0 Å². The summed E-state index contributed by atoms with van der Waals surface area (Å²) in [5, 5.41) is 17.1. The zero-order valence-corrected chi connectivity index (χ0v) is 8.01. The standard InChI is InChI=1S/C9H9N3O3/c1-12(9(14)15)8-6-10-7(5-11-8)3-2-4-13/h5-6,13H,4H2,1H3,(H,14,15). The molecule has 0 radical (unpaired) electrons. The second-order valence-corrected chi connectivity index (χ2v) is 2.56. The molecule has 1 amide bonds. The first-order valence-corrected chi connectivity index (χ1v) is 4.03. The first-order chi connectivity index (χ1) is 7.15. The van der Waals surface area contributed by atoms with E-state index in [4.69, 9.17) is 10.2 Å². The van der Waals surface area contributed by atoms with Crippen LogP contribution in [0.3, 0.4) is 0 Å². The molecule has 0 spiro atoms. The molecular formula is C9H9N3O3. The second-order valence-electron chi connectivity index (χ2n) is 2.56. The Morgan fingerprint density at radius 3 is 2.73 bits per heavy atom. The molecule has 15 heavy (non-hydrogen) atoms. The van der Waals surface area contributed by atoms with Crippen LogP contribution in [0.5, 0.6) is 0 Å². The lowest BCUT2D eigenvalue weighted by molar-refractivity contribution is 0.203. The quantitative estimate of drug-likeness (QED) is 0.630. The first-order valence-electron chi connectivity index (χ1n) is 4.03. The molecule has 0 saturated heterocycles. The van der Waals surface area contributed by atoms with Crippen LogP contribution in [0.2, 0.25) is 0 Å². The zero-order valence-electron chi connectivity index (χ0n) is 8.01. The van der Waals surface area contributed by atoms with E-state index in [0.29, 0.717) is 5.69 Å². The highest BCUT2D eigenvalue weighted by Gasteiger charge is 2.09. The summed E-state index contributed by atoms with van der Waals surface area (Å²) >= 11 is 0. The second kappa shape index (κ2) is 4.93. The summed E-state index contributed by atoms with van der Waals surface area (Å²) in [6.45, 7) is -0.252. The third kappa shape index (κ3) is 2.93. The number of aromatic nitrogens is 2. The number of aliphatic hydroxyl groups excluding tert-OH is 1. The van der Waals surface area contributed by atoms with Gasteiger partial charge in [0.2, 0.25) is 0 Å². The molecule has 0 atom stereocenters. The average molecular weight is 207 g/mol. The van der Waals surface area contributed by atoms with Crippen LogP contribution in [0.15, 0.2) is 12.4 Å². The van der Waals surface area contributed by atoms with E-state index < -0.39 is 6.09 Å². The van der Waals surface area contributed by atoms with Crippen molar-refractivity contribution in [3.8, 4) is 11.8 Å². The van der Waals surface area contributed by atoms with Crippen molar-refractivity contribution in [1.82, 2.24) is 9.97 Å². The van der Waals surface area contributed by atoms with Crippen molar-refractivity contribution >= 4 is 11.9 Å². The molecule has 1 aromatic rings. The minimum atomic E-state index is -1.11. The summed E-state index contributed by atoms with van der Waals surface area (Å²) in [4.78, 5) is 19.2. The van der Waals surface area contributed by atoms with Crippen molar-refractivity contribution in [3.63, 3.8) is 0 Å². The van der Waals surface area contributed by atoms with Gasteiger partial charge < -0.3 is 10.2 Å². The summed E-state index contributed by atoms with van der Waals surface area (Å²) < 4.78 is 0. The first kappa shape index (κ1) is 10.9. The third-order valence-corrected chi connectivity index (χ3v) is 1.56. The maximum absolute atomic E-state index is 10.6. The van der Waals surface area contributed by atoms with Crippen molar-refractivity contribution < 1.29 is 15.0 Å². The topological polar surface area (TPSA) is 86.6 Å². The monoisotopic (exact) mass is 207 g/mol. The van der Waals surface area contributed by atoms with Crippen LogP contribution in [0, 0.1) is 11.8 Å². The van der Waals surface area contributed by atoms with Crippen LogP contribution in [-0.4, -0.2) is 39.9 Å². The fraction of sp³-hybridized carbons (Fsp3) is 0.222. The highest BCUT2D eigenvalue weighted by molar-refractivity contribution is 5.83. The summed E-state index contributed by atoms with van der Waals surface area (Å²) in [7, 11) is 1.37. The summed E-state index contributed by atoms with van der Waals surface area (Å²) in [5.74, 6) is 5.18. The molecule has 0 aliphatic carbocycles. The van der Waals surface area contributed by atoms with E-state index in [-0.39, 0.29) is 12.4 Å². The molecule has 6 nitrogen and oxygen atoms in total. The molecule has 0 saturated carbocycles. The van der Waals surface area contributed by atoms with Gasteiger partial charge in [-0.05, 0) is 5.92 Å². The van der Waals surface area contributed by atoms with Gasteiger partial charge in [0.15, 0.2) is 5.82 Å². The van der Waals surface area contributed by atoms with Crippen LogP contribution in [0.25, 0.3) is 0 Å². The summed E-state index contributed by atoms with van der Waals surface area (Å²) in [6, 6.07) is 0. The van der Waals surface area contributed by atoms with Gasteiger partial charge in [-0.1, -0.05) is 5.92 Å². The lowest BCUT2D eigenvalue weighted by atomic mass is 10.4. The van der Waals surface area contributed by atoms with Gasteiger partial charge in [-0.25, -0.2) is 14.8 Å². The maximum atomic E-state index is 10.6. The van der Waals surface area contributed by atoms with E-state index >= 15 is 0 Å². The SMILES string of the molecule is CN(C(=O)O)c1cnc(C#CCO)cn1. The van der Waals surface area contributed by atoms with E-state index in [1.165, 1.54) is 19.4 Å². The van der Waals surface area contributed by atoms with Gasteiger partial charge in [0, 0.05) is 7.05 Å². The number of aliphatic hydroxyl groups is 1. The molecule has 1 rings (SSSR count). The number of amides is 1. The number of carbonyl (C=O) groups is 1. The minimum absolute atomic E-state index is 0.219. The average Bonchev–Trinajstić information content (AvgIpc) is 2.26. The molecule has 1 heterocycles. The van der Waals surface area contributed by atoms with Crippen molar-refractivity contribution in [2.24, 2.45) is 0 Å². The Bertz CT molecular complexity index is 405. The Kier molecular flexibility index (Phi) is 3.60. The predicted molar refractivity (Wildman–Crippen MR) is 52.4 cm³/mol. The van der Waals surface area contributed by atoms with E-state index in [1.807, 2.05) is 0 Å². The molecule has 0 aliphatic rings. The van der Waals surface area contributed by atoms with E-state index in [2.05, 4.69) is 21.8 Å². The summed E-state index contributed by atoms with van der Waals surface area (Å²) in [5.41, 5.74) is 0.381. The molecule has 0 bridgehead atoms. The molecule has 6 heteroatoms. The van der Waals surface area contributed by atoms with Gasteiger partial charge in [0.1, 0.15) is 12.3 Å². The molecule has 78 valence electrons. The number of carboxylic acid groups (broad SMARTS) is 1. The predicted octanol–water partition coefficient (Wildman–Crippen LogP) is -0.0654. The summed E-state index contributed by atoms with van der Waals surface area (Å²) in [6.07, 6.45) is 1.53. The largest absolute Gasteiger partial charge is 0.465 e. The smallest absolute Gasteiger partial charge is 0.412 e. The Labute approximate surface area is 86.2 Å². The molecule has 0 aromatic carbocycles. The van der Waals surface area contributed by atoms with Gasteiger partial charge in [-0.15, -0.1) is 0 Å². The number of nitrogens with zero attached hydrogens (tertiary/aromatic N) is 3. The van der Waals surface area contributed by atoms with Gasteiger partial charge in [0.05, 0.1) is 12.4 Å². The Morgan fingerprint density at radius 1 is 1.53 bits per heavy atom. The number of hydrogen-bond donors (Lipinski definition) is 2. The van der Waals surface area contributed by atoms with Crippen molar-refractivity contribution in [2.75, 3.05) is 18.6 Å². The van der Waals surface area contributed by atoms with Gasteiger partial charge >= 0.3 is 6.09 Å². The maximum Gasteiger partial charge on any atom is 0.412 e. The number of hydrogen-bond acceptors (Lipinski definition) is 4. The van der Waals surface area contributed by atoms with Crippen molar-refractivity contribution in [1.29, 1.82) is 0 Å². The number of rotatable bonds is 1. The third-order valence-electron chi connectivity index (χ3n) is 1.56. The highest BCUT2D eigenvalue weighted by atomic mass is 16.4. The number of anilines is 1. The van der Waals surface area contributed by atoms with Crippen LogP contribution >= 0.6 is 0 Å². The molecular weight excluding hydrogens is 198 g/mol. The van der Waals surface area contributed by atoms with Crippen LogP contribution in [0.1, 0.15) is 5.69 Å². The van der Waals surface area contributed by atoms with E-state index in [1.54, 1.807) is 0 Å². The molecule has 0 aliphatic heterocycles. The van der Waals surface area contributed by atoms with E-state index in [0.717, 1.165) is 4.90 Å². The van der Waals surface area contributed by atoms with Gasteiger partial charge in [0.25, 0.3) is 0 Å². The van der Waals surface area contributed by atoms with Crippen molar-refractivity contribution in [3.05, 3.63) is 18.1 Å². The molecule has 2 N–H and O–H groups in total. The fourth-order valence-corrected chi connectivity index (χ4v) is 0.787. The van der Waals surface area contributed by atoms with E-state index in [9.17, 15) is 4.79 Å². The van der Waals surface area contributed by atoms with Gasteiger partial charge in [-0.3, -0.25) is 4.90 Å². The van der Waals surface area contributed by atoms with Crippen molar-refractivity contribution in [2.45, 2.75) is 0 Å². The van der Waals surface area contributed by atoms with Crippen LogP contribution < -0.4 is 4.90 Å². The Balaban J connectivity index is 2.85. The highest BCUT2D eigenvalue weighted by Crippen LogP contribution is 2.05. The Hall–Kier alpha value is -2.13. The zero-order chi connectivity index (χ0) is 11.3. The lowest BCUT2D eigenvalue weighted by Crippen LogP contribution is -2.24.